The number of rotatable bonds is 5. The molecule has 0 spiro atoms. The van der Waals surface area contributed by atoms with Gasteiger partial charge in [0.2, 0.25) is 0 Å². The van der Waals surface area contributed by atoms with Gasteiger partial charge in [-0.1, -0.05) is 12.1 Å². The van der Waals surface area contributed by atoms with Crippen molar-refractivity contribution in [3.05, 3.63) is 72.6 Å². The van der Waals surface area contributed by atoms with Crippen LogP contribution in [0.1, 0.15) is 5.56 Å². The number of nitrogens with one attached hydrogen (secondary N) is 2. The maximum Gasteiger partial charge on any atom is 0.323 e. The van der Waals surface area contributed by atoms with E-state index in [0.717, 1.165) is 16.9 Å². The van der Waals surface area contributed by atoms with E-state index in [1.165, 1.54) is 5.56 Å². The molecule has 0 bridgehead atoms. The summed E-state index contributed by atoms with van der Waals surface area (Å²) >= 11 is 0. The average molecular weight is 402 g/mol. The molecular weight excluding hydrogens is 380 g/mol. The number of carbonyl (C=O) groups is 1. The topological polar surface area (TPSA) is 76.9 Å². The van der Waals surface area contributed by atoms with Crippen LogP contribution < -0.4 is 20.1 Å². The van der Waals surface area contributed by atoms with E-state index in [4.69, 9.17) is 9.47 Å². The Morgan fingerprint density at radius 2 is 1.57 bits per heavy atom. The fourth-order valence-corrected chi connectivity index (χ4v) is 3.12. The van der Waals surface area contributed by atoms with Gasteiger partial charge >= 0.3 is 6.03 Å². The normalized spacial score (nSPS) is 10.6. The van der Waals surface area contributed by atoms with Crippen LogP contribution >= 0.6 is 0 Å². The summed E-state index contributed by atoms with van der Waals surface area (Å²) in [5.74, 6) is 1.19. The van der Waals surface area contributed by atoms with Crippen LogP contribution in [0.4, 0.5) is 16.2 Å². The molecule has 0 saturated carbocycles. The highest BCUT2D eigenvalue weighted by Gasteiger charge is 2.08. The summed E-state index contributed by atoms with van der Waals surface area (Å²) in [6.45, 7) is 2.04. The number of anilines is 2. The first-order valence-electron chi connectivity index (χ1n) is 9.41. The Labute approximate surface area is 174 Å². The summed E-state index contributed by atoms with van der Waals surface area (Å²) in [5.41, 5.74) is 5.16. The number of amides is 2. The zero-order valence-electron chi connectivity index (χ0n) is 17.0. The highest BCUT2D eigenvalue weighted by Crippen LogP contribution is 2.26. The highest BCUT2D eigenvalue weighted by molar-refractivity contribution is 6.00. The molecule has 7 heteroatoms. The predicted molar refractivity (Wildman–Crippen MR) is 118 cm³/mol. The van der Waals surface area contributed by atoms with E-state index in [1.54, 1.807) is 32.4 Å². The van der Waals surface area contributed by atoms with Gasteiger partial charge in [-0.15, -0.1) is 0 Å². The van der Waals surface area contributed by atoms with Crippen LogP contribution in [0.3, 0.4) is 0 Å². The Bertz CT molecular complexity index is 1180. The number of pyridine rings is 1. The van der Waals surface area contributed by atoms with Crippen LogP contribution in [0, 0.1) is 6.92 Å². The second-order valence-electron chi connectivity index (χ2n) is 6.85. The van der Waals surface area contributed by atoms with Crippen LogP contribution in [-0.4, -0.2) is 29.6 Å². The molecule has 0 fully saturated rings. The number of nitrogens with zero attached hydrogens (tertiary/aromatic N) is 2. The molecule has 0 saturated heterocycles. The smallest absolute Gasteiger partial charge is 0.323 e. The van der Waals surface area contributed by atoms with E-state index >= 15 is 0 Å². The van der Waals surface area contributed by atoms with E-state index < -0.39 is 0 Å². The number of imidazole rings is 1. The molecule has 2 heterocycles. The van der Waals surface area contributed by atoms with Gasteiger partial charge in [0.15, 0.2) is 0 Å². The second-order valence-corrected chi connectivity index (χ2v) is 6.85. The van der Waals surface area contributed by atoms with Gasteiger partial charge in [0, 0.05) is 47.5 Å². The molecule has 0 aliphatic rings. The van der Waals surface area contributed by atoms with E-state index in [0.29, 0.717) is 22.9 Å². The first-order chi connectivity index (χ1) is 14.5. The molecular formula is C23H22N4O3. The van der Waals surface area contributed by atoms with Crippen molar-refractivity contribution in [1.29, 1.82) is 0 Å². The van der Waals surface area contributed by atoms with Crippen molar-refractivity contribution in [2.45, 2.75) is 6.92 Å². The Morgan fingerprint density at radius 3 is 2.23 bits per heavy atom. The number of hydrogen-bond acceptors (Lipinski definition) is 4. The molecule has 7 nitrogen and oxygen atoms in total. The molecule has 0 atom stereocenters. The molecule has 152 valence electrons. The lowest BCUT2D eigenvalue weighted by Gasteiger charge is -2.11. The van der Waals surface area contributed by atoms with Crippen molar-refractivity contribution in [2.24, 2.45) is 0 Å². The largest absolute Gasteiger partial charge is 0.497 e. The predicted octanol–water partition coefficient (Wildman–Crippen LogP) is 4.97. The summed E-state index contributed by atoms with van der Waals surface area (Å²) in [7, 11) is 3.12. The van der Waals surface area contributed by atoms with Crippen LogP contribution in [-0.2, 0) is 0 Å². The lowest BCUT2D eigenvalue weighted by atomic mass is 10.1. The number of hydrogen-bond donors (Lipinski definition) is 2. The maximum atomic E-state index is 12.4. The Morgan fingerprint density at radius 1 is 0.900 bits per heavy atom. The fourth-order valence-electron chi connectivity index (χ4n) is 3.12. The molecule has 0 radical (unpaired) electrons. The van der Waals surface area contributed by atoms with Crippen molar-refractivity contribution in [2.75, 3.05) is 24.9 Å². The van der Waals surface area contributed by atoms with Gasteiger partial charge in [0.25, 0.3) is 0 Å². The van der Waals surface area contributed by atoms with Gasteiger partial charge in [-0.3, -0.25) is 0 Å². The average Bonchev–Trinajstić information content (AvgIpc) is 3.17. The number of benzene rings is 2. The number of urea groups is 1. The lowest BCUT2D eigenvalue weighted by Crippen LogP contribution is -2.19. The monoisotopic (exact) mass is 402 g/mol. The molecule has 2 aromatic heterocycles. The zero-order chi connectivity index (χ0) is 21.1. The van der Waals surface area contributed by atoms with E-state index in [9.17, 15) is 4.79 Å². The molecule has 4 aromatic rings. The van der Waals surface area contributed by atoms with E-state index in [-0.39, 0.29) is 6.03 Å². The molecule has 2 N–H and O–H groups in total. The van der Waals surface area contributed by atoms with Gasteiger partial charge in [-0.25, -0.2) is 9.78 Å². The van der Waals surface area contributed by atoms with E-state index in [2.05, 4.69) is 15.6 Å². The minimum atomic E-state index is -0.360. The number of aryl methyl sites for hydroxylation is 1. The second kappa shape index (κ2) is 8.16. The number of ether oxygens (including phenoxy) is 2. The van der Waals surface area contributed by atoms with E-state index in [1.807, 2.05) is 60.1 Å². The Hall–Kier alpha value is -4.00. The summed E-state index contributed by atoms with van der Waals surface area (Å²) in [5, 5.41) is 5.60. The molecule has 2 amide bonds. The summed E-state index contributed by atoms with van der Waals surface area (Å²) < 4.78 is 12.4. The molecule has 2 aromatic carbocycles. The molecule has 30 heavy (non-hydrogen) atoms. The van der Waals surface area contributed by atoms with Crippen molar-refractivity contribution >= 4 is 23.1 Å². The van der Waals surface area contributed by atoms with Crippen molar-refractivity contribution in [3.8, 4) is 22.8 Å². The maximum absolute atomic E-state index is 12.4. The quantitative estimate of drug-likeness (QED) is 0.494. The summed E-state index contributed by atoms with van der Waals surface area (Å²) in [6.07, 6.45) is 3.98. The van der Waals surface area contributed by atoms with Crippen LogP contribution in [0.5, 0.6) is 11.5 Å². The summed E-state index contributed by atoms with van der Waals surface area (Å²) in [4.78, 5) is 17.0. The van der Waals surface area contributed by atoms with Crippen LogP contribution in [0.2, 0.25) is 0 Å². The van der Waals surface area contributed by atoms with Gasteiger partial charge in [-0.05, 0) is 36.8 Å². The number of carbonyl (C=O) groups excluding carboxylic acids is 1. The van der Waals surface area contributed by atoms with Gasteiger partial charge in [0.05, 0.1) is 19.9 Å². The Kier molecular flexibility index (Phi) is 5.26. The number of methoxy groups -OCH3 is 2. The molecule has 0 aliphatic carbocycles. The van der Waals surface area contributed by atoms with Crippen molar-refractivity contribution in [1.82, 2.24) is 9.38 Å². The highest BCUT2D eigenvalue weighted by atomic mass is 16.5. The van der Waals surface area contributed by atoms with Gasteiger partial charge in [0.1, 0.15) is 17.1 Å². The van der Waals surface area contributed by atoms with Gasteiger partial charge in [-0.2, -0.15) is 0 Å². The number of fused-ring (bicyclic) bond motifs is 1. The zero-order valence-corrected chi connectivity index (χ0v) is 17.0. The third-order valence-corrected chi connectivity index (χ3v) is 4.66. The first kappa shape index (κ1) is 19.3. The third-order valence-electron chi connectivity index (χ3n) is 4.66. The fraction of sp³-hybridized carbons (Fsp3) is 0.130. The summed E-state index contributed by atoms with van der Waals surface area (Å²) in [6, 6.07) is 16.4. The minimum Gasteiger partial charge on any atom is -0.497 e. The SMILES string of the molecule is COc1cc(NC(=O)Nc2ccc(-c3cn4ccc(C)cc4n3)cc2)cc(OC)c1. The van der Waals surface area contributed by atoms with Crippen LogP contribution in [0.15, 0.2) is 67.0 Å². The van der Waals surface area contributed by atoms with Crippen molar-refractivity contribution < 1.29 is 14.3 Å². The van der Waals surface area contributed by atoms with Crippen LogP contribution in [0.25, 0.3) is 16.9 Å². The minimum absolute atomic E-state index is 0.360. The third kappa shape index (κ3) is 4.20. The molecule has 0 aliphatic heterocycles. The molecule has 0 unspecified atom stereocenters. The lowest BCUT2D eigenvalue weighted by molar-refractivity contribution is 0.262. The Balaban J connectivity index is 1.46. The van der Waals surface area contributed by atoms with Gasteiger partial charge < -0.3 is 24.5 Å². The number of aromatic nitrogens is 2. The first-order valence-corrected chi connectivity index (χ1v) is 9.41. The van der Waals surface area contributed by atoms with Crippen molar-refractivity contribution in [3.63, 3.8) is 0 Å². The standard InChI is InChI=1S/C23H22N4O3/c1-15-8-9-27-14-21(26-22(27)10-15)16-4-6-17(7-5-16)24-23(28)25-18-11-19(29-2)13-20(12-18)30-3/h4-14H,1-3H3,(H2,24,25,28). The molecule has 4 rings (SSSR count).